The minimum atomic E-state index is 0.0462. The van der Waals surface area contributed by atoms with Gasteiger partial charge in [-0.25, -0.2) is 4.98 Å². The van der Waals surface area contributed by atoms with Crippen molar-refractivity contribution in [2.45, 2.75) is 45.1 Å². The number of aryl methyl sites for hydroxylation is 2. The standard InChI is InChI=1S/C21H23N7O/c1-14-17(21(2)10-7-11-21)20(29-12-16-22-13-27(3)25-16)26-28-18(14)23-24-19(28)15-8-5-4-6-9-15/h4-6,8-9,13H,7,10-12H2,1-3H3. The van der Waals surface area contributed by atoms with Gasteiger partial charge in [0.25, 0.3) is 0 Å². The summed E-state index contributed by atoms with van der Waals surface area (Å²) in [6.07, 6.45) is 5.11. The van der Waals surface area contributed by atoms with Gasteiger partial charge in [-0.3, -0.25) is 4.68 Å². The van der Waals surface area contributed by atoms with E-state index >= 15 is 0 Å². The van der Waals surface area contributed by atoms with Crippen molar-refractivity contribution in [3.05, 3.63) is 53.6 Å². The highest BCUT2D eigenvalue weighted by Gasteiger charge is 2.39. The van der Waals surface area contributed by atoms with Crippen LogP contribution in [0.5, 0.6) is 5.88 Å². The van der Waals surface area contributed by atoms with Gasteiger partial charge in [0.2, 0.25) is 5.88 Å². The number of benzene rings is 1. The van der Waals surface area contributed by atoms with Crippen LogP contribution in [0.3, 0.4) is 0 Å². The van der Waals surface area contributed by atoms with Crippen LogP contribution in [0.4, 0.5) is 0 Å². The third-order valence-electron chi connectivity index (χ3n) is 5.83. The highest BCUT2D eigenvalue weighted by atomic mass is 16.5. The number of hydrogen-bond acceptors (Lipinski definition) is 6. The lowest BCUT2D eigenvalue weighted by Crippen LogP contribution is -2.32. The maximum absolute atomic E-state index is 6.18. The number of nitrogens with zero attached hydrogens (tertiary/aromatic N) is 7. The van der Waals surface area contributed by atoms with E-state index < -0.39 is 0 Å². The van der Waals surface area contributed by atoms with Gasteiger partial charge in [-0.15, -0.1) is 15.3 Å². The van der Waals surface area contributed by atoms with Crippen molar-refractivity contribution < 1.29 is 4.74 Å². The second-order valence-corrected chi connectivity index (χ2v) is 7.97. The van der Waals surface area contributed by atoms with Crippen molar-refractivity contribution in [2.24, 2.45) is 7.05 Å². The van der Waals surface area contributed by atoms with E-state index in [1.165, 1.54) is 6.42 Å². The summed E-state index contributed by atoms with van der Waals surface area (Å²) < 4.78 is 9.64. The highest BCUT2D eigenvalue weighted by molar-refractivity contribution is 5.63. The molecule has 3 heterocycles. The van der Waals surface area contributed by atoms with E-state index in [9.17, 15) is 0 Å². The predicted molar refractivity (Wildman–Crippen MR) is 107 cm³/mol. The van der Waals surface area contributed by atoms with Crippen LogP contribution < -0.4 is 4.74 Å². The van der Waals surface area contributed by atoms with Gasteiger partial charge >= 0.3 is 0 Å². The topological polar surface area (TPSA) is 83.0 Å². The van der Waals surface area contributed by atoms with E-state index in [0.717, 1.165) is 35.2 Å². The predicted octanol–water partition coefficient (Wildman–Crippen LogP) is 3.25. The van der Waals surface area contributed by atoms with Gasteiger partial charge in [-0.2, -0.15) is 9.61 Å². The minimum absolute atomic E-state index is 0.0462. The average molecular weight is 389 g/mol. The zero-order valence-corrected chi connectivity index (χ0v) is 16.8. The molecule has 8 heteroatoms. The SMILES string of the molecule is Cc1c(C2(C)CCC2)c(OCc2ncn(C)n2)nn2c(-c3ccccc3)nnc12. The van der Waals surface area contributed by atoms with Crippen LogP contribution in [0.2, 0.25) is 0 Å². The molecule has 4 aromatic rings. The van der Waals surface area contributed by atoms with Gasteiger partial charge in [0.1, 0.15) is 6.33 Å². The molecule has 0 bridgehead atoms. The molecule has 29 heavy (non-hydrogen) atoms. The van der Waals surface area contributed by atoms with Gasteiger partial charge in [0.15, 0.2) is 23.9 Å². The Morgan fingerprint density at radius 1 is 1.10 bits per heavy atom. The average Bonchev–Trinajstić information content (AvgIpc) is 3.31. The summed E-state index contributed by atoms with van der Waals surface area (Å²) in [6, 6.07) is 9.96. The molecule has 1 fully saturated rings. The summed E-state index contributed by atoms with van der Waals surface area (Å²) in [6.45, 7) is 4.63. The van der Waals surface area contributed by atoms with E-state index in [0.29, 0.717) is 17.5 Å². The molecule has 148 valence electrons. The molecule has 0 saturated heterocycles. The van der Waals surface area contributed by atoms with Gasteiger partial charge in [0, 0.05) is 23.7 Å². The summed E-state index contributed by atoms with van der Waals surface area (Å²) >= 11 is 0. The zero-order valence-electron chi connectivity index (χ0n) is 16.8. The maximum atomic E-state index is 6.18. The van der Waals surface area contributed by atoms with E-state index in [1.807, 2.05) is 37.4 Å². The van der Waals surface area contributed by atoms with Crippen LogP contribution in [0.25, 0.3) is 17.0 Å². The quantitative estimate of drug-likeness (QED) is 0.521. The van der Waals surface area contributed by atoms with Crippen molar-refractivity contribution in [3.8, 4) is 17.3 Å². The number of hydrogen-bond donors (Lipinski definition) is 0. The first kappa shape index (κ1) is 17.8. The van der Waals surface area contributed by atoms with Crippen molar-refractivity contribution in [1.82, 2.24) is 34.6 Å². The fourth-order valence-corrected chi connectivity index (χ4v) is 4.14. The van der Waals surface area contributed by atoms with Crippen LogP contribution in [-0.2, 0) is 19.1 Å². The normalized spacial score (nSPS) is 15.4. The first-order valence-electron chi connectivity index (χ1n) is 9.84. The van der Waals surface area contributed by atoms with Crippen molar-refractivity contribution in [3.63, 3.8) is 0 Å². The molecule has 0 atom stereocenters. The Bertz CT molecular complexity index is 1170. The third-order valence-corrected chi connectivity index (χ3v) is 5.83. The Hall–Kier alpha value is -3.29. The van der Waals surface area contributed by atoms with E-state index in [-0.39, 0.29) is 12.0 Å². The molecular weight excluding hydrogens is 366 g/mol. The summed E-state index contributed by atoms with van der Waals surface area (Å²) in [5.41, 5.74) is 3.98. The van der Waals surface area contributed by atoms with Gasteiger partial charge in [-0.05, 0) is 25.2 Å². The first-order chi connectivity index (χ1) is 14.0. The third kappa shape index (κ3) is 2.95. The van der Waals surface area contributed by atoms with E-state index in [4.69, 9.17) is 9.84 Å². The second kappa shape index (κ2) is 6.65. The monoisotopic (exact) mass is 389 g/mol. The number of aromatic nitrogens is 7. The zero-order chi connectivity index (χ0) is 20.0. The van der Waals surface area contributed by atoms with Crippen LogP contribution in [-0.4, -0.2) is 34.6 Å². The van der Waals surface area contributed by atoms with Crippen LogP contribution in [0.15, 0.2) is 36.7 Å². The van der Waals surface area contributed by atoms with Gasteiger partial charge in [0.05, 0.1) is 0 Å². The largest absolute Gasteiger partial charge is 0.468 e. The maximum Gasteiger partial charge on any atom is 0.236 e. The van der Waals surface area contributed by atoms with E-state index in [1.54, 1.807) is 15.5 Å². The summed E-state index contributed by atoms with van der Waals surface area (Å²) in [5.74, 6) is 1.94. The molecule has 1 aliphatic rings. The molecule has 1 saturated carbocycles. The van der Waals surface area contributed by atoms with Crippen molar-refractivity contribution in [2.75, 3.05) is 0 Å². The smallest absolute Gasteiger partial charge is 0.236 e. The fourth-order valence-electron chi connectivity index (χ4n) is 4.14. The first-order valence-corrected chi connectivity index (χ1v) is 9.84. The molecule has 0 unspecified atom stereocenters. The summed E-state index contributed by atoms with van der Waals surface area (Å²) in [4.78, 5) is 4.26. The van der Waals surface area contributed by atoms with Crippen molar-refractivity contribution >= 4 is 5.65 Å². The molecule has 0 amide bonds. The Labute approximate surface area is 168 Å². The lowest BCUT2D eigenvalue weighted by molar-refractivity contribution is 0.232. The lowest BCUT2D eigenvalue weighted by atomic mass is 9.65. The molecule has 0 N–H and O–H groups in total. The number of rotatable bonds is 5. The molecule has 0 spiro atoms. The Kier molecular flexibility index (Phi) is 4.08. The molecule has 0 aliphatic heterocycles. The second-order valence-electron chi connectivity index (χ2n) is 7.97. The van der Waals surface area contributed by atoms with Crippen molar-refractivity contribution in [1.29, 1.82) is 0 Å². The molecule has 1 aromatic carbocycles. The molecular formula is C21H23N7O. The van der Waals surface area contributed by atoms with E-state index in [2.05, 4.69) is 34.1 Å². The highest BCUT2D eigenvalue weighted by Crippen LogP contribution is 2.48. The Morgan fingerprint density at radius 3 is 2.55 bits per heavy atom. The van der Waals surface area contributed by atoms with Gasteiger partial charge in [-0.1, -0.05) is 43.7 Å². The number of fused-ring (bicyclic) bond motifs is 1. The molecule has 3 aromatic heterocycles. The van der Waals surface area contributed by atoms with Crippen LogP contribution in [0, 0.1) is 6.92 Å². The van der Waals surface area contributed by atoms with Crippen LogP contribution in [0.1, 0.15) is 43.1 Å². The van der Waals surface area contributed by atoms with Gasteiger partial charge < -0.3 is 4.74 Å². The molecule has 1 aliphatic carbocycles. The summed E-state index contributed by atoms with van der Waals surface area (Å²) in [7, 11) is 1.84. The lowest BCUT2D eigenvalue weighted by Gasteiger charge is -2.40. The Balaban J connectivity index is 1.64. The fraction of sp³-hybridized carbons (Fsp3) is 0.381. The minimum Gasteiger partial charge on any atom is -0.468 e. The van der Waals surface area contributed by atoms with Crippen LogP contribution >= 0.6 is 0 Å². The summed E-state index contributed by atoms with van der Waals surface area (Å²) in [5, 5.41) is 18.0. The number of ether oxygens (including phenoxy) is 1. The molecule has 8 nitrogen and oxygen atoms in total. The molecule has 5 rings (SSSR count). The Morgan fingerprint density at radius 2 is 1.90 bits per heavy atom. The molecule has 0 radical (unpaired) electrons.